The van der Waals surface area contributed by atoms with Crippen molar-refractivity contribution in [3.63, 3.8) is 0 Å². The lowest BCUT2D eigenvalue weighted by Gasteiger charge is -2.35. The first kappa shape index (κ1) is 12.9. The molecule has 0 spiro atoms. The van der Waals surface area contributed by atoms with Crippen molar-refractivity contribution >= 4 is 5.91 Å². The maximum Gasteiger partial charge on any atom is 0.242 e. The Balaban J connectivity index is 1.91. The molecule has 1 aliphatic heterocycles. The topological polar surface area (TPSA) is 46.3 Å². The Bertz CT molecular complexity index is 271. The van der Waals surface area contributed by atoms with Crippen LogP contribution < -0.4 is 5.73 Å². The zero-order chi connectivity index (χ0) is 12.3. The molecule has 1 saturated carbocycles. The van der Waals surface area contributed by atoms with E-state index in [1.807, 2.05) is 4.90 Å². The Labute approximate surface area is 105 Å². The number of nitrogens with two attached hydrogens (primary N) is 1. The molecule has 0 radical (unpaired) electrons. The molecule has 2 rings (SSSR count). The molecular formula is C14H26N2O. The summed E-state index contributed by atoms with van der Waals surface area (Å²) in [5.74, 6) is 0.951. The summed E-state index contributed by atoms with van der Waals surface area (Å²) >= 11 is 0. The molecule has 2 N–H and O–H groups in total. The van der Waals surface area contributed by atoms with Gasteiger partial charge in [0.1, 0.15) is 0 Å². The van der Waals surface area contributed by atoms with Crippen molar-refractivity contribution < 1.29 is 4.79 Å². The maximum atomic E-state index is 12.5. The molecule has 1 aliphatic carbocycles. The van der Waals surface area contributed by atoms with Gasteiger partial charge in [-0.25, -0.2) is 0 Å². The highest BCUT2D eigenvalue weighted by molar-refractivity contribution is 5.86. The Hall–Kier alpha value is -0.570. The molecule has 1 saturated heterocycles. The first-order valence-corrected chi connectivity index (χ1v) is 7.24. The third-order valence-electron chi connectivity index (χ3n) is 4.44. The fraction of sp³-hybridized carbons (Fsp3) is 0.929. The van der Waals surface area contributed by atoms with Gasteiger partial charge in [-0.1, -0.05) is 32.6 Å². The number of likely N-dealkylation sites (tertiary alicyclic amines) is 1. The molecule has 2 fully saturated rings. The number of hydrogen-bond acceptors (Lipinski definition) is 2. The zero-order valence-corrected chi connectivity index (χ0v) is 11.1. The van der Waals surface area contributed by atoms with Crippen LogP contribution in [0, 0.1) is 5.92 Å². The fourth-order valence-electron chi connectivity index (χ4n) is 3.37. The second-order valence-corrected chi connectivity index (χ2v) is 5.91. The van der Waals surface area contributed by atoms with Crippen molar-refractivity contribution in [2.75, 3.05) is 13.1 Å². The monoisotopic (exact) mass is 238 g/mol. The van der Waals surface area contributed by atoms with Gasteiger partial charge in [0.2, 0.25) is 5.91 Å². The van der Waals surface area contributed by atoms with Crippen LogP contribution in [0.4, 0.5) is 0 Å². The third-order valence-corrected chi connectivity index (χ3v) is 4.44. The minimum absolute atomic E-state index is 0.232. The molecular weight excluding hydrogens is 212 g/mol. The van der Waals surface area contributed by atoms with Crippen LogP contribution in [0.1, 0.15) is 58.3 Å². The van der Waals surface area contributed by atoms with Crippen LogP contribution in [0.3, 0.4) is 0 Å². The zero-order valence-electron chi connectivity index (χ0n) is 11.1. The number of rotatable bonds is 3. The van der Waals surface area contributed by atoms with Crippen molar-refractivity contribution in [1.82, 2.24) is 4.90 Å². The van der Waals surface area contributed by atoms with E-state index in [-0.39, 0.29) is 5.91 Å². The van der Waals surface area contributed by atoms with Crippen molar-refractivity contribution in [3.05, 3.63) is 0 Å². The minimum atomic E-state index is -0.528. The van der Waals surface area contributed by atoms with Gasteiger partial charge in [0.25, 0.3) is 0 Å². The molecule has 98 valence electrons. The second kappa shape index (κ2) is 5.38. The smallest absolute Gasteiger partial charge is 0.242 e. The van der Waals surface area contributed by atoms with Crippen LogP contribution in [0.15, 0.2) is 0 Å². The maximum absolute atomic E-state index is 12.5. The summed E-state index contributed by atoms with van der Waals surface area (Å²) in [6, 6.07) is 0. The molecule has 1 heterocycles. The molecule has 1 atom stereocenters. The highest BCUT2D eigenvalue weighted by atomic mass is 16.2. The Morgan fingerprint density at radius 1 is 1.35 bits per heavy atom. The van der Waals surface area contributed by atoms with E-state index in [1.165, 1.54) is 25.7 Å². The van der Waals surface area contributed by atoms with Gasteiger partial charge >= 0.3 is 0 Å². The van der Waals surface area contributed by atoms with Gasteiger partial charge in [0, 0.05) is 13.1 Å². The first-order chi connectivity index (χ1) is 8.15. The van der Waals surface area contributed by atoms with Crippen molar-refractivity contribution in [3.8, 4) is 0 Å². The molecule has 0 aromatic carbocycles. The lowest BCUT2D eigenvalue weighted by molar-refractivity contribution is -0.137. The van der Waals surface area contributed by atoms with Crippen LogP contribution in [-0.2, 0) is 4.79 Å². The number of nitrogens with zero attached hydrogens (tertiary/aromatic N) is 1. The van der Waals surface area contributed by atoms with Gasteiger partial charge in [-0.05, 0) is 31.6 Å². The van der Waals surface area contributed by atoms with Gasteiger partial charge in [-0.3, -0.25) is 4.79 Å². The molecule has 0 aromatic heterocycles. The highest BCUT2D eigenvalue weighted by Gasteiger charge is 2.40. The molecule has 17 heavy (non-hydrogen) atoms. The Kier molecular flexibility index (Phi) is 4.08. The van der Waals surface area contributed by atoms with E-state index < -0.39 is 5.54 Å². The molecule has 0 aromatic rings. The van der Waals surface area contributed by atoms with Gasteiger partial charge in [0.05, 0.1) is 5.54 Å². The van der Waals surface area contributed by atoms with E-state index in [0.29, 0.717) is 0 Å². The van der Waals surface area contributed by atoms with Crippen molar-refractivity contribution in [2.45, 2.75) is 63.8 Å². The van der Waals surface area contributed by atoms with E-state index in [4.69, 9.17) is 5.73 Å². The second-order valence-electron chi connectivity index (χ2n) is 5.91. The lowest BCUT2D eigenvalue weighted by atomic mass is 9.81. The summed E-state index contributed by atoms with van der Waals surface area (Å²) in [7, 11) is 0. The molecule has 0 bridgehead atoms. The average Bonchev–Trinajstić information content (AvgIpc) is 2.78. The molecule has 3 nitrogen and oxygen atoms in total. The SMILES string of the molecule is CCCC1CCN(C(=O)C2(N)CCCCC2)C1. The predicted molar refractivity (Wildman–Crippen MR) is 69.6 cm³/mol. The first-order valence-electron chi connectivity index (χ1n) is 7.24. The summed E-state index contributed by atoms with van der Waals surface area (Å²) in [5.41, 5.74) is 5.78. The minimum Gasteiger partial charge on any atom is -0.341 e. The van der Waals surface area contributed by atoms with E-state index in [1.54, 1.807) is 0 Å². The quantitative estimate of drug-likeness (QED) is 0.820. The largest absolute Gasteiger partial charge is 0.341 e. The summed E-state index contributed by atoms with van der Waals surface area (Å²) in [4.78, 5) is 14.5. The average molecular weight is 238 g/mol. The van der Waals surface area contributed by atoms with E-state index in [9.17, 15) is 4.79 Å². The van der Waals surface area contributed by atoms with Crippen LogP contribution in [0.2, 0.25) is 0 Å². The standard InChI is InChI=1S/C14H26N2O/c1-2-6-12-7-10-16(11-12)13(17)14(15)8-4-3-5-9-14/h12H,2-11,15H2,1H3. The summed E-state index contributed by atoms with van der Waals surface area (Å²) in [5, 5.41) is 0. The molecule has 1 amide bonds. The summed E-state index contributed by atoms with van der Waals surface area (Å²) in [6.45, 7) is 4.10. The fourth-order valence-corrected chi connectivity index (χ4v) is 3.37. The van der Waals surface area contributed by atoms with Gasteiger partial charge in [-0.15, -0.1) is 0 Å². The molecule has 2 aliphatic rings. The van der Waals surface area contributed by atoms with Crippen LogP contribution in [0.5, 0.6) is 0 Å². The van der Waals surface area contributed by atoms with Crippen LogP contribution in [0.25, 0.3) is 0 Å². The lowest BCUT2D eigenvalue weighted by Crippen LogP contribution is -2.55. The Morgan fingerprint density at radius 3 is 2.71 bits per heavy atom. The molecule has 3 heteroatoms. The van der Waals surface area contributed by atoms with Crippen molar-refractivity contribution in [2.24, 2.45) is 11.7 Å². The summed E-state index contributed by atoms with van der Waals surface area (Å²) < 4.78 is 0. The highest BCUT2D eigenvalue weighted by Crippen LogP contribution is 2.30. The normalized spacial score (nSPS) is 28.4. The molecule has 1 unspecified atom stereocenters. The van der Waals surface area contributed by atoms with E-state index >= 15 is 0 Å². The number of hydrogen-bond donors (Lipinski definition) is 1. The van der Waals surface area contributed by atoms with Crippen LogP contribution >= 0.6 is 0 Å². The predicted octanol–water partition coefficient (Wildman–Crippen LogP) is 2.30. The van der Waals surface area contributed by atoms with Crippen LogP contribution in [-0.4, -0.2) is 29.4 Å². The van der Waals surface area contributed by atoms with Gasteiger partial charge < -0.3 is 10.6 Å². The summed E-state index contributed by atoms with van der Waals surface area (Å²) in [6.07, 6.45) is 8.91. The number of carbonyl (C=O) groups excluding carboxylic acids is 1. The van der Waals surface area contributed by atoms with E-state index in [2.05, 4.69) is 6.92 Å². The number of carbonyl (C=O) groups is 1. The number of amides is 1. The van der Waals surface area contributed by atoms with Gasteiger partial charge in [0.15, 0.2) is 0 Å². The van der Waals surface area contributed by atoms with E-state index in [0.717, 1.165) is 44.7 Å². The Morgan fingerprint density at radius 2 is 2.06 bits per heavy atom. The van der Waals surface area contributed by atoms with Crippen molar-refractivity contribution in [1.29, 1.82) is 0 Å². The third kappa shape index (κ3) is 2.82. The van der Waals surface area contributed by atoms with Gasteiger partial charge in [-0.2, -0.15) is 0 Å².